The van der Waals surface area contributed by atoms with Crippen molar-refractivity contribution < 1.29 is 13.5 Å². The van der Waals surface area contributed by atoms with E-state index in [1.54, 1.807) is 38.1 Å². The average Bonchev–Trinajstić information content (AvgIpc) is 2.14. The van der Waals surface area contributed by atoms with Crippen LogP contribution < -0.4 is 4.31 Å². The van der Waals surface area contributed by atoms with E-state index in [1.165, 1.54) is 11.4 Å². The summed E-state index contributed by atoms with van der Waals surface area (Å²) >= 11 is 0. The molecule has 0 heterocycles. The van der Waals surface area contributed by atoms with E-state index in [1.807, 2.05) is 0 Å². The highest BCUT2D eigenvalue weighted by Crippen LogP contribution is 2.23. The maximum absolute atomic E-state index is 11.3. The van der Waals surface area contributed by atoms with Crippen LogP contribution in [0.5, 0.6) is 0 Å². The monoisotopic (exact) mass is 243 g/mol. The summed E-state index contributed by atoms with van der Waals surface area (Å²) in [5, 5.41) is 9.75. The number of hydrogen-bond donors (Lipinski definition) is 1. The molecule has 0 fully saturated rings. The molecule has 0 aliphatic carbocycles. The average molecular weight is 243 g/mol. The van der Waals surface area contributed by atoms with Crippen LogP contribution in [-0.4, -0.2) is 26.8 Å². The van der Waals surface area contributed by atoms with Gasteiger partial charge in [0, 0.05) is 7.05 Å². The molecule has 5 heteroatoms. The van der Waals surface area contributed by atoms with Crippen LogP contribution in [0.25, 0.3) is 0 Å². The smallest absolute Gasteiger partial charge is 0.231 e. The Morgan fingerprint density at radius 3 is 1.94 bits per heavy atom. The fourth-order valence-corrected chi connectivity index (χ4v) is 1.78. The number of benzene rings is 1. The molecular formula is C11H17NO3S. The van der Waals surface area contributed by atoms with E-state index >= 15 is 0 Å². The molecule has 0 aliphatic heterocycles. The quantitative estimate of drug-likeness (QED) is 0.870. The predicted molar refractivity (Wildman–Crippen MR) is 64.9 cm³/mol. The van der Waals surface area contributed by atoms with Crippen molar-refractivity contribution in [3.05, 3.63) is 29.8 Å². The normalized spacial score (nSPS) is 12.6. The van der Waals surface area contributed by atoms with Gasteiger partial charge in [0.1, 0.15) is 0 Å². The lowest BCUT2D eigenvalue weighted by atomic mass is 9.98. The lowest BCUT2D eigenvalue weighted by Crippen LogP contribution is -2.25. The lowest BCUT2D eigenvalue weighted by molar-refractivity contribution is 0.0786. The van der Waals surface area contributed by atoms with Crippen LogP contribution in [0, 0.1) is 0 Å². The molecule has 1 rings (SSSR count). The maximum atomic E-state index is 11.3. The highest BCUT2D eigenvalue weighted by Gasteiger charge is 2.17. The number of hydrogen-bond acceptors (Lipinski definition) is 3. The molecule has 0 aromatic heterocycles. The van der Waals surface area contributed by atoms with Crippen LogP contribution in [0.3, 0.4) is 0 Å². The summed E-state index contributed by atoms with van der Waals surface area (Å²) in [5.74, 6) is 0. The zero-order valence-electron chi connectivity index (χ0n) is 9.93. The van der Waals surface area contributed by atoms with Gasteiger partial charge in [0.2, 0.25) is 10.0 Å². The van der Waals surface area contributed by atoms with Crippen molar-refractivity contribution in [1.29, 1.82) is 0 Å². The van der Waals surface area contributed by atoms with Gasteiger partial charge in [-0.2, -0.15) is 0 Å². The summed E-state index contributed by atoms with van der Waals surface area (Å²) < 4.78 is 23.8. The van der Waals surface area contributed by atoms with Gasteiger partial charge in [-0.25, -0.2) is 8.42 Å². The molecule has 0 amide bonds. The Hall–Kier alpha value is -1.07. The zero-order valence-corrected chi connectivity index (χ0v) is 10.7. The minimum atomic E-state index is -3.23. The van der Waals surface area contributed by atoms with Crippen LogP contribution in [-0.2, 0) is 15.6 Å². The third-order valence-corrected chi connectivity index (χ3v) is 3.64. The Balaban J connectivity index is 3.05. The van der Waals surface area contributed by atoms with Gasteiger partial charge in [-0.15, -0.1) is 0 Å². The lowest BCUT2D eigenvalue weighted by Gasteiger charge is -2.20. The summed E-state index contributed by atoms with van der Waals surface area (Å²) in [5.41, 5.74) is 0.413. The van der Waals surface area contributed by atoms with Gasteiger partial charge in [-0.05, 0) is 31.5 Å². The van der Waals surface area contributed by atoms with Crippen molar-refractivity contribution in [3.8, 4) is 0 Å². The van der Waals surface area contributed by atoms with Crippen LogP contribution in [0.2, 0.25) is 0 Å². The molecule has 16 heavy (non-hydrogen) atoms. The van der Waals surface area contributed by atoms with Gasteiger partial charge in [0.05, 0.1) is 17.5 Å². The van der Waals surface area contributed by atoms with Crippen LogP contribution in [0.15, 0.2) is 24.3 Å². The van der Waals surface area contributed by atoms with E-state index < -0.39 is 15.6 Å². The molecule has 0 aliphatic rings. The Morgan fingerprint density at radius 1 is 1.19 bits per heavy atom. The van der Waals surface area contributed by atoms with Crippen molar-refractivity contribution in [2.75, 3.05) is 17.6 Å². The standard InChI is InChI=1S/C11H17NO3S/c1-11(2,13)9-5-7-10(8-6-9)12(3)16(4,14)15/h5-8,13H,1-4H3. The van der Waals surface area contributed by atoms with E-state index in [2.05, 4.69) is 0 Å². The Kier molecular flexibility index (Phi) is 3.30. The van der Waals surface area contributed by atoms with Gasteiger partial charge in [0.15, 0.2) is 0 Å². The number of sulfonamides is 1. The molecule has 0 bridgehead atoms. The van der Waals surface area contributed by atoms with E-state index in [0.29, 0.717) is 5.69 Å². The zero-order chi connectivity index (χ0) is 12.6. The second-order valence-corrected chi connectivity index (χ2v) is 6.35. The van der Waals surface area contributed by atoms with Gasteiger partial charge in [-0.3, -0.25) is 4.31 Å². The molecule has 0 atom stereocenters. The van der Waals surface area contributed by atoms with Crippen molar-refractivity contribution >= 4 is 15.7 Å². The molecule has 0 saturated carbocycles. The SMILES string of the molecule is CN(c1ccc(C(C)(C)O)cc1)S(C)(=O)=O. The molecule has 0 unspecified atom stereocenters. The molecular weight excluding hydrogens is 226 g/mol. The molecule has 4 nitrogen and oxygen atoms in total. The first-order valence-corrected chi connectivity index (χ1v) is 6.74. The van der Waals surface area contributed by atoms with Crippen molar-refractivity contribution in [1.82, 2.24) is 0 Å². The van der Waals surface area contributed by atoms with Crippen LogP contribution in [0.4, 0.5) is 5.69 Å². The van der Waals surface area contributed by atoms with E-state index in [9.17, 15) is 13.5 Å². The Labute approximate surface area is 96.6 Å². The number of rotatable bonds is 3. The third-order valence-electron chi connectivity index (χ3n) is 2.43. The molecule has 0 spiro atoms. The molecule has 1 N–H and O–H groups in total. The topological polar surface area (TPSA) is 57.6 Å². The van der Waals surface area contributed by atoms with Crippen LogP contribution in [0.1, 0.15) is 19.4 Å². The number of nitrogens with zero attached hydrogens (tertiary/aromatic N) is 1. The first-order valence-electron chi connectivity index (χ1n) is 4.89. The molecule has 1 aromatic rings. The van der Waals surface area contributed by atoms with Gasteiger partial charge in [-0.1, -0.05) is 12.1 Å². The second-order valence-electron chi connectivity index (χ2n) is 4.34. The van der Waals surface area contributed by atoms with Gasteiger partial charge >= 0.3 is 0 Å². The summed E-state index contributed by atoms with van der Waals surface area (Å²) in [7, 11) is -1.74. The van der Waals surface area contributed by atoms with E-state index in [0.717, 1.165) is 11.8 Å². The fourth-order valence-electron chi connectivity index (χ4n) is 1.27. The summed E-state index contributed by atoms with van der Waals surface area (Å²) in [4.78, 5) is 0. The molecule has 1 aromatic carbocycles. The molecule has 0 radical (unpaired) electrons. The fraction of sp³-hybridized carbons (Fsp3) is 0.455. The predicted octanol–water partition coefficient (Wildman–Crippen LogP) is 1.31. The van der Waals surface area contributed by atoms with E-state index in [4.69, 9.17) is 0 Å². The third kappa shape index (κ3) is 2.96. The van der Waals surface area contributed by atoms with Crippen LogP contribution >= 0.6 is 0 Å². The van der Waals surface area contributed by atoms with Crippen molar-refractivity contribution in [2.24, 2.45) is 0 Å². The highest BCUT2D eigenvalue weighted by atomic mass is 32.2. The molecule has 90 valence electrons. The number of aliphatic hydroxyl groups is 1. The Morgan fingerprint density at radius 2 is 1.62 bits per heavy atom. The minimum absolute atomic E-state index is 0.579. The van der Waals surface area contributed by atoms with E-state index in [-0.39, 0.29) is 0 Å². The first-order chi connectivity index (χ1) is 7.12. The minimum Gasteiger partial charge on any atom is -0.386 e. The van der Waals surface area contributed by atoms with Gasteiger partial charge in [0.25, 0.3) is 0 Å². The Bertz CT molecular complexity index is 457. The highest BCUT2D eigenvalue weighted by molar-refractivity contribution is 7.92. The molecule has 0 saturated heterocycles. The summed E-state index contributed by atoms with van der Waals surface area (Å²) in [6, 6.07) is 6.79. The largest absolute Gasteiger partial charge is 0.386 e. The maximum Gasteiger partial charge on any atom is 0.231 e. The van der Waals surface area contributed by atoms with Crippen molar-refractivity contribution in [2.45, 2.75) is 19.4 Å². The van der Waals surface area contributed by atoms with Gasteiger partial charge < -0.3 is 5.11 Å². The van der Waals surface area contributed by atoms with Crippen molar-refractivity contribution in [3.63, 3.8) is 0 Å². The summed E-state index contributed by atoms with van der Waals surface area (Å²) in [6.45, 7) is 3.37. The number of anilines is 1. The first kappa shape index (κ1) is 13.0. The summed E-state index contributed by atoms with van der Waals surface area (Å²) in [6.07, 6.45) is 1.15. The second kappa shape index (κ2) is 4.07.